The van der Waals surface area contributed by atoms with Crippen LogP contribution in [0.25, 0.3) is 10.9 Å². The lowest BCUT2D eigenvalue weighted by Crippen LogP contribution is -2.25. The summed E-state index contributed by atoms with van der Waals surface area (Å²) in [6.45, 7) is 0.151. The number of alkyl halides is 3. The fourth-order valence-corrected chi connectivity index (χ4v) is 2.83. The molecule has 0 bridgehead atoms. The van der Waals surface area contributed by atoms with E-state index in [1.54, 1.807) is 24.3 Å². The van der Waals surface area contributed by atoms with Crippen LogP contribution < -0.4 is 10.9 Å². The highest BCUT2D eigenvalue weighted by atomic mass is 35.5. The number of carbonyl (C=O) groups is 1. The van der Waals surface area contributed by atoms with Gasteiger partial charge in [0.15, 0.2) is 0 Å². The predicted octanol–water partition coefficient (Wildman–Crippen LogP) is 3.88. The standard InChI is InChI=1S/C18H14ClF3N4O2/c19-14-8-7-11(10-13(14)18(20,21)22)23-16(27)6-3-9-26-17(28)12-4-1-2-5-15(12)24-25-26/h1-2,4-5,7-8,10H,3,6,9H2,(H,23,27). The zero-order chi connectivity index (χ0) is 20.3. The van der Waals surface area contributed by atoms with E-state index in [1.165, 1.54) is 6.07 Å². The first-order valence-electron chi connectivity index (χ1n) is 8.25. The third kappa shape index (κ3) is 4.48. The van der Waals surface area contributed by atoms with Crippen molar-refractivity contribution in [3.05, 3.63) is 63.4 Å². The molecule has 10 heteroatoms. The van der Waals surface area contributed by atoms with Crippen molar-refractivity contribution in [1.29, 1.82) is 0 Å². The number of benzene rings is 2. The third-order valence-electron chi connectivity index (χ3n) is 3.96. The monoisotopic (exact) mass is 410 g/mol. The number of carbonyl (C=O) groups excluding carboxylic acids is 1. The number of aromatic nitrogens is 3. The Morgan fingerprint density at radius 3 is 2.68 bits per heavy atom. The highest BCUT2D eigenvalue weighted by molar-refractivity contribution is 6.31. The highest BCUT2D eigenvalue weighted by Crippen LogP contribution is 2.36. The van der Waals surface area contributed by atoms with Gasteiger partial charge in [-0.2, -0.15) is 13.2 Å². The number of fused-ring (bicyclic) bond motifs is 1. The Bertz CT molecular complexity index is 1080. The van der Waals surface area contributed by atoms with Crippen LogP contribution in [0.5, 0.6) is 0 Å². The Balaban J connectivity index is 1.61. The highest BCUT2D eigenvalue weighted by Gasteiger charge is 2.33. The fraction of sp³-hybridized carbons (Fsp3) is 0.222. The van der Waals surface area contributed by atoms with Crippen molar-refractivity contribution in [1.82, 2.24) is 15.0 Å². The maximum Gasteiger partial charge on any atom is 0.417 e. The van der Waals surface area contributed by atoms with Gasteiger partial charge < -0.3 is 5.32 Å². The molecule has 2 aromatic carbocycles. The number of aryl methyl sites for hydroxylation is 1. The van der Waals surface area contributed by atoms with Gasteiger partial charge >= 0.3 is 6.18 Å². The number of amides is 1. The van der Waals surface area contributed by atoms with Crippen LogP contribution in [0.1, 0.15) is 18.4 Å². The second kappa shape index (κ2) is 7.97. The SMILES string of the molecule is O=C(CCCn1nnc2ccccc2c1=O)Nc1ccc(Cl)c(C(F)(F)F)c1. The van der Waals surface area contributed by atoms with Crippen molar-refractivity contribution in [2.24, 2.45) is 0 Å². The molecule has 0 radical (unpaired) electrons. The molecule has 0 aliphatic carbocycles. The van der Waals surface area contributed by atoms with Crippen LogP contribution in [0, 0.1) is 0 Å². The predicted molar refractivity (Wildman–Crippen MR) is 98.1 cm³/mol. The Labute approximate surface area is 161 Å². The van der Waals surface area contributed by atoms with Crippen LogP contribution in [0.4, 0.5) is 18.9 Å². The van der Waals surface area contributed by atoms with Crippen molar-refractivity contribution in [2.75, 3.05) is 5.32 Å². The molecule has 1 amide bonds. The van der Waals surface area contributed by atoms with E-state index in [1.807, 2.05) is 0 Å². The van der Waals surface area contributed by atoms with Gasteiger partial charge in [-0.3, -0.25) is 9.59 Å². The number of hydrogen-bond acceptors (Lipinski definition) is 4. The van der Waals surface area contributed by atoms with E-state index in [-0.39, 0.29) is 30.6 Å². The smallest absolute Gasteiger partial charge is 0.326 e. The van der Waals surface area contributed by atoms with Crippen LogP contribution in [0.2, 0.25) is 5.02 Å². The second-order valence-electron chi connectivity index (χ2n) is 5.98. The van der Waals surface area contributed by atoms with E-state index < -0.39 is 22.7 Å². The van der Waals surface area contributed by atoms with Gasteiger partial charge in [-0.1, -0.05) is 28.9 Å². The van der Waals surface area contributed by atoms with E-state index in [0.29, 0.717) is 10.9 Å². The maximum atomic E-state index is 12.9. The topological polar surface area (TPSA) is 76.9 Å². The molecular formula is C18H14ClF3N4O2. The summed E-state index contributed by atoms with van der Waals surface area (Å²) in [5.74, 6) is -0.489. The van der Waals surface area contributed by atoms with Crippen LogP contribution in [0.3, 0.4) is 0 Å². The molecule has 0 fully saturated rings. The zero-order valence-corrected chi connectivity index (χ0v) is 15.1. The first-order valence-corrected chi connectivity index (χ1v) is 8.62. The number of anilines is 1. The summed E-state index contributed by atoms with van der Waals surface area (Å²) in [6, 6.07) is 9.90. The van der Waals surface area contributed by atoms with E-state index in [9.17, 15) is 22.8 Å². The molecule has 0 aliphatic rings. The molecule has 0 atom stereocenters. The largest absolute Gasteiger partial charge is 0.417 e. The zero-order valence-electron chi connectivity index (χ0n) is 14.3. The summed E-state index contributed by atoms with van der Waals surface area (Å²) in [5, 5.41) is 10.1. The fourth-order valence-electron chi connectivity index (χ4n) is 2.60. The van der Waals surface area contributed by atoms with Crippen molar-refractivity contribution in [2.45, 2.75) is 25.6 Å². The number of halogens is 4. The molecule has 0 unspecified atom stereocenters. The molecule has 3 rings (SSSR count). The van der Waals surface area contributed by atoms with Gasteiger partial charge in [0.25, 0.3) is 5.56 Å². The summed E-state index contributed by atoms with van der Waals surface area (Å²) < 4.78 is 39.7. The molecule has 146 valence electrons. The molecule has 3 aromatic rings. The third-order valence-corrected chi connectivity index (χ3v) is 4.29. The molecule has 1 aromatic heterocycles. The van der Waals surface area contributed by atoms with Crippen molar-refractivity contribution >= 4 is 34.1 Å². The number of nitrogens with zero attached hydrogens (tertiary/aromatic N) is 3. The van der Waals surface area contributed by atoms with Crippen LogP contribution >= 0.6 is 11.6 Å². The Hall–Kier alpha value is -2.94. The van der Waals surface area contributed by atoms with Gasteiger partial charge in [0, 0.05) is 18.7 Å². The van der Waals surface area contributed by atoms with Gasteiger partial charge in [-0.15, -0.1) is 5.10 Å². The van der Waals surface area contributed by atoms with E-state index in [0.717, 1.165) is 16.8 Å². The summed E-state index contributed by atoms with van der Waals surface area (Å²) in [5.41, 5.74) is -0.877. The van der Waals surface area contributed by atoms with Gasteiger partial charge in [-0.05, 0) is 36.8 Å². The van der Waals surface area contributed by atoms with Crippen LogP contribution in [-0.4, -0.2) is 20.9 Å². The molecule has 1 N–H and O–H groups in total. The molecule has 0 saturated carbocycles. The summed E-state index contributed by atoms with van der Waals surface area (Å²) in [6.07, 6.45) is -4.36. The lowest BCUT2D eigenvalue weighted by atomic mass is 10.2. The van der Waals surface area contributed by atoms with Crippen molar-refractivity contribution in [3.8, 4) is 0 Å². The summed E-state index contributed by atoms with van der Waals surface area (Å²) >= 11 is 5.55. The van der Waals surface area contributed by atoms with E-state index >= 15 is 0 Å². The normalized spacial score (nSPS) is 11.6. The Morgan fingerprint density at radius 1 is 1.18 bits per heavy atom. The Morgan fingerprint density at radius 2 is 1.93 bits per heavy atom. The van der Waals surface area contributed by atoms with Gasteiger partial charge in [0.05, 0.1) is 16.0 Å². The lowest BCUT2D eigenvalue weighted by Gasteiger charge is -2.12. The van der Waals surface area contributed by atoms with Gasteiger partial charge in [0.1, 0.15) is 5.52 Å². The Kier molecular flexibility index (Phi) is 5.64. The molecule has 0 spiro atoms. The van der Waals surface area contributed by atoms with Crippen LogP contribution in [0.15, 0.2) is 47.3 Å². The number of hydrogen-bond donors (Lipinski definition) is 1. The average Bonchev–Trinajstić information content (AvgIpc) is 2.64. The molecule has 0 saturated heterocycles. The van der Waals surface area contributed by atoms with Gasteiger partial charge in [0.2, 0.25) is 5.91 Å². The quantitative estimate of drug-likeness (QED) is 0.692. The first-order chi connectivity index (χ1) is 13.3. The minimum absolute atomic E-state index is 0.00900. The first kappa shape index (κ1) is 19.8. The molecule has 28 heavy (non-hydrogen) atoms. The van der Waals surface area contributed by atoms with Crippen LogP contribution in [-0.2, 0) is 17.5 Å². The molecule has 6 nitrogen and oxygen atoms in total. The maximum absolute atomic E-state index is 12.9. The van der Waals surface area contributed by atoms with E-state index in [4.69, 9.17) is 11.6 Å². The number of nitrogens with one attached hydrogen (secondary N) is 1. The molecule has 1 heterocycles. The van der Waals surface area contributed by atoms with E-state index in [2.05, 4.69) is 15.6 Å². The number of rotatable bonds is 5. The molecule has 0 aliphatic heterocycles. The van der Waals surface area contributed by atoms with Crippen molar-refractivity contribution in [3.63, 3.8) is 0 Å². The minimum Gasteiger partial charge on any atom is -0.326 e. The molecular weight excluding hydrogens is 397 g/mol. The lowest BCUT2D eigenvalue weighted by molar-refractivity contribution is -0.137. The van der Waals surface area contributed by atoms with Gasteiger partial charge in [-0.25, -0.2) is 4.68 Å². The second-order valence-corrected chi connectivity index (χ2v) is 6.39. The van der Waals surface area contributed by atoms with Crippen molar-refractivity contribution < 1.29 is 18.0 Å². The summed E-state index contributed by atoms with van der Waals surface area (Å²) in [4.78, 5) is 24.3. The minimum atomic E-state index is -4.62. The summed E-state index contributed by atoms with van der Waals surface area (Å²) in [7, 11) is 0. The average molecular weight is 411 g/mol.